The van der Waals surface area contributed by atoms with Crippen molar-refractivity contribution in [3.63, 3.8) is 0 Å². The van der Waals surface area contributed by atoms with Crippen molar-refractivity contribution in [1.29, 1.82) is 0 Å². The summed E-state index contributed by atoms with van der Waals surface area (Å²) in [6, 6.07) is 34.5. The van der Waals surface area contributed by atoms with Gasteiger partial charge in [-0.15, -0.1) is 0 Å². The molecule has 1 fully saturated rings. The third kappa shape index (κ3) is 15.2. The third-order valence-electron chi connectivity index (χ3n) is 12.8. The molecule has 2 aliphatic heterocycles. The number of dihydropyridines is 1. The molecule has 4 aromatic carbocycles. The number of hydrogen-bond donors (Lipinski definition) is 3. The highest BCUT2D eigenvalue weighted by Crippen LogP contribution is 2.41. The second kappa shape index (κ2) is 26.3. The Balaban J connectivity index is 0.000000304. The van der Waals surface area contributed by atoms with Crippen LogP contribution in [0.1, 0.15) is 101 Å². The van der Waals surface area contributed by atoms with E-state index in [1.54, 1.807) is 33.8 Å². The highest BCUT2D eigenvalue weighted by atomic mass is 16.6. The summed E-state index contributed by atoms with van der Waals surface area (Å²) >= 11 is 0. The Bertz CT molecular complexity index is 2530. The number of aryl methyl sites for hydroxylation is 1. The highest BCUT2D eigenvalue weighted by Gasteiger charge is 2.41. The van der Waals surface area contributed by atoms with E-state index in [0.717, 1.165) is 18.5 Å². The summed E-state index contributed by atoms with van der Waals surface area (Å²) in [4.78, 5) is 77.9. The highest BCUT2D eigenvalue weighted by molar-refractivity contribution is 6.00. The number of aliphatic carboxylic acids is 1. The first-order valence-corrected chi connectivity index (χ1v) is 24.4. The predicted molar refractivity (Wildman–Crippen MR) is 274 cm³/mol. The van der Waals surface area contributed by atoms with E-state index in [-0.39, 0.29) is 35.3 Å². The number of ether oxygens (including phenoxy) is 3. The second-order valence-corrected chi connectivity index (χ2v) is 18.8. The van der Waals surface area contributed by atoms with Crippen LogP contribution in [0.15, 0.2) is 138 Å². The molecule has 0 aliphatic carbocycles. The Labute approximate surface area is 422 Å². The van der Waals surface area contributed by atoms with Gasteiger partial charge in [0.1, 0.15) is 17.7 Å². The lowest BCUT2D eigenvalue weighted by molar-refractivity contribution is -0.384. The molecule has 0 aromatic heterocycles. The van der Waals surface area contributed by atoms with Crippen molar-refractivity contribution in [2.75, 3.05) is 40.4 Å². The fourth-order valence-corrected chi connectivity index (χ4v) is 9.49. The number of carbonyl (C=O) groups is 5. The van der Waals surface area contributed by atoms with Crippen molar-refractivity contribution < 1.29 is 48.2 Å². The molecular formula is C56H69N5O11. The van der Waals surface area contributed by atoms with Gasteiger partial charge in [-0.3, -0.25) is 25.0 Å². The maximum atomic E-state index is 14.0. The van der Waals surface area contributed by atoms with Gasteiger partial charge in [-0.05, 0) is 109 Å². The number of esters is 3. The zero-order valence-corrected chi connectivity index (χ0v) is 42.6. The van der Waals surface area contributed by atoms with Crippen molar-refractivity contribution in [2.45, 2.75) is 109 Å². The number of nitro groups is 1. The number of rotatable bonds is 21. The maximum Gasteiger partial charge on any atom is 0.337 e. The van der Waals surface area contributed by atoms with Gasteiger partial charge in [0.25, 0.3) is 5.69 Å². The van der Waals surface area contributed by atoms with Crippen LogP contribution in [0.2, 0.25) is 0 Å². The normalized spacial score (nSPS) is 16.6. The van der Waals surface area contributed by atoms with Gasteiger partial charge < -0.3 is 34.4 Å². The molecule has 4 atom stereocenters. The summed E-state index contributed by atoms with van der Waals surface area (Å²) in [6.45, 7) is 12.4. The number of benzene rings is 4. The average Bonchev–Trinajstić information content (AvgIpc) is 3.86. The molecule has 1 amide bonds. The molecule has 2 heterocycles. The number of non-ortho nitro benzene ring substituents is 1. The third-order valence-corrected chi connectivity index (χ3v) is 12.8. The van der Waals surface area contributed by atoms with Crippen molar-refractivity contribution in [3.8, 4) is 0 Å². The van der Waals surface area contributed by atoms with Crippen LogP contribution in [-0.2, 0) is 44.6 Å². The molecule has 3 N–H and O–H groups in total. The summed E-state index contributed by atoms with van der Waals surface area (Å²) < 4.78 is 16.3. The van der Waals surface area contributed by atoms with Crippen LogP contribution < -0.4 is 10.6 Å². The van der Waals surface area contributed by atoms with Gasteiger partial charge >= 0.3 is 23.9 Å². The minimum atomic E-state index is -0.987. The monoisotopic (exact) mass is 987 g/mol. The maximum absolute atomic E-state index is 14.0. The number of nitro benzene ring substituents is 1. The Morgan fingerprint density at radius 3 is 2.01 bits per heavy atom. The molecular weight excluding hydrogens is 919 g/mol. The van der Waals surface area contributed by atoms with Crippen molar-refractivity contribution >= 4 is 35.5 Å². The molecule has 0 saturated carbocycles. The minimum Gasteiger partial charge on any atom is -0.480 e. The molecule has 16 heteroatoms. The minimum absolute atomic E-state index is 0.149. The molecule has 0 bridgehead atoms. The number of hydrogen-bond acceptors (Lipinski definition) is 13. The zero-order valence-electron chi connectivity index (χ0n) is 42.6. The molecule has 72 heavy (non-hydrogen) atoms. The molecule has 16 nitrogen and oxygen atoms in total. The van der Waals surface area contributed by atoms with Gasteiger partial charge in [0, 0.05) is 42.5 Å². The molecule has 2 aliphatic rings. The van der Waals surface area contributed by atoms with E-state index in [0.29, 0.717) is 55.7 Å². The Morgan fingerprint density at radius 2 is 1.46 bits per heavy atom. The largest absolute Gasteiger partial charge is 0.480 e. The first-order valence-electron chi connectivity index (χ1n) is 24.4. The Hall–Kier alpha value is -7.17. The van der Waals surface area contributed by atoms with Gasteiger partial charge in [-0.2, -0.15) is 0 Å². The van der Waals surface area contributed by atoms with Gasteiger partial charge in [-0.1, -0.05) is 103 Å². The number of likely N-dealkylation sites (tertiary alicyclic amines) is 1. The van der Waals surface area contributed by atoms with E-state index >= 15 is 0 Å². The summed E-state index contributed by atoms with van der Waals surface area (Å²) in [7, 11) is 3.26. The van der Waals surface area contributed by atoms with E-state index in [1.807, 2.05) is 63.4 Å². The number of nitrogens with zero attached hydrogens (tertiary/aromatic N) is 3. The Kier molecular flexibility index (Phi) is 20.4. The molecule has 384 valence electrons. The molecule has 0 radical (unpaired) electrons. The second-order valence-electron chi connectivity index (χ2n) is 18.8. The van der Waals surface area contributed by atoms with E-state index in [1.165, 1.54) is 41.3 Å². The van der Waals surface area contributed by atoms with Crippen LogP contribution in [0.25, 0.3) is 0 Å². The number of amides is 1. The number of carboxylic acids is 1. The number of methoxy groups -OCH3 is 1. The standard InChI is InChI=1S/C36H41N3O6.C20H28N2O5/c1-24-31(34(40)44-6)33(28-18-13-19-29(22-28)39(42)43)32(25(2)37-24)35(41)45-36(3,4)23-38(5)21-20-30(26-14-9-7-10-15-26)27-16-11-8-12-17-27;1-3-27-20(26)16(12-11-15-8-5-4-6-9-15)21-14(2)18(23)22-13-7-10-17(22)19(24)25/h7-19,22,30,33,37H,20-21,23H2,1-6H3;4-6,8-9,14,16-17,21H,3,7,10-13H2,1-2H3,(H,24,25)/t;14-,16-,17-/m.0/s1. The summed E-state index contributed by atoms with van der Waals surface area (Å²) in [6.07, 6.45) is 3.15. The van der Waals surface area contributed by atoms with Gasteiger partial charge in [0.2, 0.25) is 5.91 Å². The smallest absolute Gasteiger partial charge is 0.337 e. The molecule has 0 spiro atoms. The Morgan fingerprint density at radius 1 is 0.875 bits per heavy atom. The van der Waals surface area contributed by atoms with E-state index in [9.17, 15) is 39.2 Å². The first kappa shape index (κ1) is 55.8. The first-order chi connectivity index (χ1) is 34.3. The summed E-state index contributed by atoms with van der Waals surface area (Å²) in [5.41, 5.74) is 4.34. The van der Waals surface area contributed by atoms with Crippen molar-refractivity contribution in [1.82, 2.24) is 20.4 Å². The molecule has 1 unspecified atom stereocenters. The molecule has 6 rings (SSSR count). The number of nitrogens with one attached hydrogen (secondary N) is 2. The average molecular weight is 988 g/mol. The van der Waals surface area contributed by atoms with Gasteiger partial charge in [-0.25, -0.2) is 14.4 Å². The van der Waals surface area contributed by atoms with Crippen LogP contribution in [-0.4, -0.2) is 114 Å². The summed E-state index contributed by atoms with van der Waals surface area (Å²) in [5, 5.41) is 27.0. The van der Waals surface area contributed by atoms with Gasteiger partial charge in [0.15, 0.2) is 0 Å². The predicted octanol–water partition coefficient (Wildman–Crippen LogP) is 8.08. The van der Waals surface area contributed by atoms with Crippen molar-refractivity contribution in [2.24, 2.45) is 0 Å². The van der Waals surface area contributed by atoms with Crippen LogP contribution in [0.4, 0.5) is 5.69 Å². The van der Waals surface area contributed by atoms with E-state index in [4.69, 9.17) is 14.2 Å². The molecule has 4 aromatic rings. The van der Waals surface area contributed by atoms with Crippen molar-refractivity contribution in [3.05, 3.63) is 170 Å². The van der Waals surface area contributed by atoms with E-state index in [2.05, 4.69) is 64.1 Å². The fraction of sp³-hybridized carbons (Fsp3) is 0.411. The lowest BCUT2D eigenvalue weighted by atomic mass is 9.80. The number of carbonyl (C=O) groups excluding carboxylic acids is 4. The van der Waals surface area contributed by atoms with Crippen LogP contribution in [0.5, 0.6) is 0 Å². The quantitative estimate of drug-likeness (QED) is 0.0312. The van der Waals surface area contributed by atoms with Crippen LogP contribution in [0, 0.1) is 10.1 Å². The lowest BCUT2D eigenvalue weighted by Gasteiger charge is -2.34. The number of carboxylic acid groups (broad SMARTS) is 1. The number of allylic oxidation sites excluding steroid dienone is 2. The van der Waals surface area contributed by atoms with Crippen LogP contribution >= 0.6 is 0 Å². The lowest BCUT2D eigenvalue weighted by Crippen LogP contribution is -2.53. The fourth-order valence-electron chi connectivity index (χ4n) is 9.49. The van der Waals surface area contributed by atoms with Gasteiger partial charge in [0.05, 0.1) is 41.7 Å². The topological polar surface area (TPSA) is 207 Å². The molecule has 1 saturated heterocycles. The number of likely N-dealkylation sites (N-methyl/N-ethyl adjacent to an activating group) is 1. The summed E-state index contributed by atoms with van der Waals surface area (Å²) in [5.74, 6) is -3.64. The van der Waals surface area contributed by atoms with E-state index < -0.39 is 58.4 Å². The van der Waals surface area contributed by atoms with Crippen LogP contribution in [0.3, 0.4) is 0 Å². The SMILES string of the molecule is CCOC(=O)[C@H](CCc1ccccc1)N[C@@H](C)C(=O)N1CCC[C@H]1C(=O)O.COC(=O)C1=C(C)NC(C)=C(C(=O)OC(C)(C)CN(C)CCC(c2ccccc2)c2ccccc2)C1c1cccc([N+](=O)[O-])c1. The zero-order chi connectivity index (χ0) is 52.5.